The molecule has 0 aliphatic rings. The molecule has 35 heavy (non-hydrogen) atoms. The molecule has 1 unspecified atom stereocenters. The van der Waals surface area contributed by atoms with E-state index >= 15 is 0 Å². The van der Waals surface area contributed by atoms with Crippen LogP contribution in [0.3, 0.4) is 0 Å². The number of esters is 1. The first-order valence-corrected chi connectivity index (χ1v) is 11.7. The van der Waals surface area contributed by atoms with Crippen LogP contribution in [0.4, 0.5) is 5.00 Å². The van der Waals surface area contributed by atoms with E-state index in [1.165, 1.54) is 7.11 Å². The van der Waals surface area contributed by atoms with Gasteiger partial charge in [0.1, 0.15) is 16.5 Å². The van der Waals surface area contributed by atoms with Crippen molar-refractivity contribution in [1.29, 1.82) is 0 Å². The van der Waals surface area contributed by atoms with E-state index in [1.807, 2.05) is 6.07 Å². The Morgan fingerprint density at radius 1 is 1.09 bits per heavy atom. The molecule has 10 heteroatoms. The highest BCUT2D eigenvalue weighted by Crippen LogP contribution is 2.31. The maximum absolute atomic E-state index is 13.5. The number of anilines is 1. The molecule has 0 aliphatic carbocycles. The van der Waals surface area contributed by atoms with Gasteiger partial charge in [-0.15, -0.1) is 11.3 Å². The third-order valence-electron chi connectivity index (χ3n) is 5.10. The normalized spacial score (nSPS) is 11.6. The Kier molecular flexibility index (Phi) is 7.11. The highest BCUT2D eigenvalue weighted by molar-refractivity contribution is 7.16. The van der Waals surface area contributed by atoms with Gasteiger partial charge < -0.3 is 19.5 Å². The third kappa shape index (κ3) is 5.02. The lowest BCUT2D eigenvalue weighted by Crippen LogP contribution is -2.31. The smallest absolute Gasteiger partial charge is 0.359 e. The fourth-order valence-electron chi connectivity index (χ4n) is 3.36. The Bertz CT molecular complexity index is 1410. The van der Waals surface area contributed by atoms with Gasteiger partial charge in [-0.25, -0.2) is 4.79 Å². The van der Waals surface area contributed by atoms with Gasteiger partial charge in [-0.1, -0.05) is 18.2 Å². The van der Waals surface area contributed by atoms with E-state index in [4.69, 9.17) is 14.2 Å². The number of para-hydroxylation sites is 1. The summed E-state index contributed by atoms with van der Waals surface area (Å²) in [5, 5.41) is 9.40. The molecule has 4 aromatic rings. The maximum Gasteiger partial charge on any atom is 0.359 e. The minimum atomic E-state index is -0.829. The molecule has 0 spiro atoms. The van der Waals surface area contributed by atoms with Crippen molar-refractivity contribution in [2.45, 2.75) is 20.0 Å². The van der Waals surface area contributed by atoms with Crippen LogP contribution >= 0.6 is 11.3 Å². The van der Waals surface area contributed by atoms with Crippen LogP contribution in [0, 0.1) is 0 Å². The Morgan fingerprint density at radius 2 is 1.80 bits per heavy atom. The molecule has 2 heterocycles. The van der Waals surface area contributed by atoms with Gasteiger partial charge >= 0.3 is 5.97 Å². The number of rotatable bonds is 8. The SMILES string of the molecule is CCOC(=O)c1nn(-c2ccc(OC)cc2)c(=O)c2c(NC(=O)C(C)Oc3ccccc3)scc12. The van der Waals surface area contributed by atoms with Crippen molar-refractivity contribution in [3.63, 3.8) is 0 Å². The number of benzene rings is 2. The average Bonchev–Trinajstić information content (AvgIpc) is 3.29. The van der Waals surface area contributed by atoms with Gasteiger partial charge in [0.25, 0.3) is 11.5 Å². The third-order valence-corrected chi connectivity index (χ3v) is 6.00. The Hall–Kier alpha value is -4.18. The summed E-state index contributed by atoms with van der Waals surface area (Å²) >= 11 is 1.12. The summed E-state index contributed by atoms with van der Waals surface area (Å²) in [4.78, 5) is 39.0. The molecule has 0 radical (unpaired) electrons. The molecule has 0 fully saturated rings. The highest BCUT2D eigenvalue weighted by atomic mass is 32.1. The van der Waals surface area contributed by atoms with Crippen molar-refractivity contribution in [2.24, 2.45) is 0 Å². The molecule has 0 bridgehead atoms. The summed E-state index contributed by atoms with van der Waals surface area (Å²) in [6, 6.07) is 15.6. The number of carbonyl (C=O) groups excluding carboxylic acids is 2. The van der Waals surface area contributed by atoms with Gasteiger partial charge in [0.15, 0.2) is 11.8 Å². The number of nitrogens with one attached hydrogen (secondary N) is 1. The fourth-order valence-corrected chi connectivity index (χ4v) is 4.30. The second-order valence-corrected chi connectivity index (χ2v) is 8.28. The zero-order valence-corrected chi connectivity index (χ0v) is 20.1. The minimum Gasteiger partial charge on any atom is -0.497 e. The van der Waals surface area contributed by atoms with Crippen molar-refractivity contribution < 1.29 is 23.8 Å². The Morgan fingerprint density at radius 3 is 2.46 bits per heavy atom. The molecule has 0 saturated heterocycles. The zero-order chi connectivity index (χ0) is 24.9. The summed E-state index contributed by atoms with van der Waals surface area (Å²) in [5.41, 5.74) is -0.0958. The van der Waals surface area contributed by atoms with Crippen molar-refractivity contribution in [1.82, 2.24) is 9.78 Å². The fraction of sp³-hybridized carbons (Fsp3) is 0.200. The van der Waals surface area contributed by atoms with Crippen molar-refractivity contribution in [3.8, 4) is 17.2 Å². The second-order valence-electron chi connectivity index (χ2n) is 7.40. The van der Waals surface area contributed by atoms with Crippen LogP contribution in [0.2, 0.25) is 0 Å². The molecule has 4 rings (SSSR count). The van der Waals surface area contributed by atoms with Crippen LogP contribution in [0.5, 0.6) is 11.5 Å². The van der Waals surface area contributed by atoms with E-state index in [2.05, 4.69) is 10.4 Å². The monoisotopic (exact) mass is 493 g/mol. The van der Waals surface area contributed by atoms with Crippen LogP contribution < -0.4 is 20.3 Å². The number of aromatic nitrogens is 2. The Labute approximate surface area is 204 Å². The molecule has 1 atom stereocenters. The number of hydrogen-bond acceptors (Lipinski definition) is 8. The van der Waals surface area contributed by atoms with Crippen molar-refractivity contribution >= 4 is 39.0 Å². The predicted octanol–water partition coefficient (Wildman–Crippen LogP) is 4.04. The summed E-state index contributed by atoms with van der Waals surface area (Å²) in [6.07, 6.45) is -0.829. The van der Waals surface area contributed by atoms with Gasteiger partial charge in [-0.3, -0.25) is 9.59 Å². The van der Waals surface area contributed by atoms with Crippen molar-refractivity contribution in [3.05, 3.63) is 76.0 Å². The van der Waals surface area contributed by atoms with Gasteiger partial charge in [-0.2, -0.15) is 9.78 Å². The number of nitrogens with zero attached hydrogens (tertiary/aromatic N) is 2. The van der Waals surface area contributed by atoms with Crippen LogP contribution in [-0.4, -0.2) is 41.5 Å². The minimum absolute atomic E-state index is 0.0254. The number of thiophene rings is 1. The van der Waals surface area contributed by atoms with Crippen LogP contribution in [-0.2, 0) is 9.53 Å². The number of carbonyl (C=O) groups is 2. The zero-order valence-electron chi connectivity index (χ0n) is 19.3. The molecular formula is C25H23N3O6S. The number of amides is 1. The number of methoxy groups -OCH3 is 1. The number of hydrogen-bond donors (Lipinski definition) is 1. The largest absolute Gasteiger partial charge is 0.497 e. The molecule has 1 N–H and O–H groups in total. The molecule has 180 valence electrons. The molecule has 1 amide bonds. The highest BCUT2D eigenvalue weighted by Gasteiger charge is 2.24. The predicted molar refractivity (Wildman–Crippen MR) is 133 cm³/mol. The van der Waals surface area contributed by atoms with Gasteiger partial charge in [0.05, 0.1) is 24.8 Å². The first-order valence-electron chi connectivity index (χ1n) is 10.8. The summed E-state index contributed by atoms with van der Waals surface area (Å²) in [5.74, 6) is 0.0324. The van der Waals surface area contributed by atoms with Gasteiger partial charge in [-0.05, 0) is 50.2 Å². The lowest BCUT2D eigenvalue weighted by atomic mass is 10.2. The molecule has 2 aromatic carbocycles. The second kappa shape index (κ2) is 10.4. The molecule has 0 saturated carbocycles. The van der Waals surface area contributed by atoms with E-state index in [-0.39, 0.29) is 22.7 Å². The van der Waals surface area contributed by atoms with Gasteiger partial charge in [0.2, 0.25) is 0 Å². The number of fused-ring (bicyclic) bond motifs is 1. The standard InChI is InChI=1S/C25H23N3O6S/c1-4-33-25(31)21-19-14-35-23(26-22(29)15(2)34-18-8-6-5-7-9-18)20(19)24(30)28(27-21)16-10-12-17(32-3)13-11-16/h5-15H,4H2,1-3H3,(H,26,29). The maximum atomic E-state index is 13.5. The Balaban J connectivity index is 1.75. The average molecular weight is 494 g/mol. The number of ether oxygens (including phenoxy) is 3. The van der Waals surface area contributed by atoms with Crippen molar-refractivity contribution in [2.75, 3.05) is 19.0 Å². The van der Waals surface area contributed by atoms with Gasteiger partial charge in [0, 0.05) is 10.8 Å². The lowest BCUT2D eigenvalue weighted by molar-refractivity contribution is -0.122. The quantitative estimate of drug-likeness (QED) is 0.369. The summed E-state index contributed by atoms with van der Waals surface area (Å²) < 4.78 is 17.1. The lowest BCUT2D eigenvalue weighted by Gasteiger charge is -2.14. The molecule has 0 aliphatic heterocycles. The van der Waals surface area contributed by atoms with E-state index < -0.39 is 23.5 Å². The van der Waals surface area contributed by atoms with E-state index in [1.54, 1.807) is 67.8 Å². The first-order chi connectivity index (χ1) is 16.9. The van der Waals surface area contributed by atoms with E-state index in [9.17, 15) is 14.4 Å². The van der Waals surface area contributed by atoms with Crippen LogP contribution in [0.15, 0.2) is 64.8 Å². The molecule has 9 nitrogen and oxygen atoms in total. The van der Waals surface area contributed by atoms with E-state index in [0.717, 1.165) is 16.0 Å². The molecular weight excluding hydrogens is 470 g/mol. The summed E-state index contributed by atoms with van der Waals surface area (Å²) in [7, 11) is 1.53. The van der Waals surface area contributed by atoms with E-state index in [0.29, 0.717) is 22.6 Å². The van der Waals surface area contributed by atoms with Crippen LogP contribution in [0.1, 0.15) is 24.3 Å². The molecule has 2 aromatic heterocycles. The topological polar surface area (TPSA) is 109 Å². The first kappa shape index (κ1) is 24.0. The van der Waals surface area contributed by atoms with Crippen LogP contribution in [0.25, 0.3) is 16.5 Å². The summed E-state index contributed by atoms with van der Waals surface area (Å²) in [6.45, 7) is 3.44.